The summed E-state index contributed by atoms with van der Waals surface area (Å²) >= 11 is 0. The third kappa shape index (κ3) is 8.40. The van der Waals surface area contributed by atoms with Crippen LogP contribution in [0.2, 0.25) is 0 Å². The molecule has 0 spiro atoms. The normalized spacial score (nSPS) is 14.0. The maximum absolute atomic E-state index is 13.0. The van der Waals surface area contributed by atoms with E-state index in [1.165, 1.54) is 25.3 Å². The van der Waals surface area contributed by atoms with Crippen molar-refractivity contribution in [3.63, 3.8) is 0 Å². The minimum Gasteiger partial charge on any atom is -0.467 e. The van der Waals surface area contributed by atoms with Gasteiger partial charge in [0.05, 0.1) is 12.8 Å². The number of hydrogen-bond donors (Lipinski definition) is 2. The molecule has 3 aromatic carbocycles. The number of likely N-dealkylation sites (tertiary alicyclic amines) is 1. The highest BCUT2D eigenvalue weighted by atomic mass is 16.6. The largest absolute Gasteiger partial charge is 0.467 e. The molecule has 1 aliphatic heterocycles. The molecule has 3 aromatic rings. The third-order valence-corrected chi connectivity index (χ3v) is 7.20. The molecule has 10 heteroatoms. The number of nitrogens with zero attached hydrogens (tertiary/aromatic N) is 2. The van der Waals surface area contributed by atoms with Crippen LogP contribution in [0.3, 0.4) is 0 Å². The second-order valence-electron chi connectivity index (χ2n) is 10.2. The zero-order valence-corrected chi connectivity index (χ0v) is 23.5. The molecule has 42 heavy (non-hydrogen) atoms. The zero-order valence-electron chi connectivity index (χ0n) is 23.5. The van der Waals surface area contributed by atoms with Crippen molar-refractivity contribution in [2.45, 2.75) is 38.3 Å². The molecule has 220 valence electrons. The molecular formula is C32H35N3O7. The molecule has 2 N–H and O–H groups in total. The van der Waals surface area contributed by atoms with E-state index >= 15 is 0 Å². The van der Waals surface area contributed by atoms with Gasteiger partial charge in [0.15, 0.2) is 0 Å². The predicted octanol–water partition coefficient (Wildman–Crippen LogP) is 4.36. The molecule has 0 radical (unpaired) electrons. The molecule has 0 unspecified atom stereocenters. The van der Waals surface area contributed by atoms with Crippen molar-refractivity contribution in [1.82, 2.24) is 10.2 Å². The van der Waals surface area contributed by atoms with Gasteiger partial charge >= 0.3 is 12.1 Å². The maximum Gasteiger partial charge on any atom is 0.410 e. The van der Waals surface area contributed by atoms with E-state index in [9.17, 15) is 24.4 Å². The Morgan fingerprint density at radius 3 is 2.21 bits per heavy atom. The summed E-state index contributed by atoms with van der Waals surface area (Å²) in [6.45, 7) is 1.11. The van der Waals surface area contributed by atoms with Crippen LogP contribution in [0.15, 0.2) is 84.9 Å². The van der Waals surface area contributed by atoms with Crippen LogP contribution < -0.4 is 10.4 Å². The quantitative estimate of drug-likeness (QED) is 0.210. The van der Waals surface area contributed by atoms with Crippen LogP contribution in [0.5, 0.6) is 0 Å². The molecule has 10 nitrogen and oxygen atoms in total. The van der Waals surface area contributed by atoms with Gasteiger partial charge in [-0.3, -0.25) is 14.8 Å². The lowest BCUT2D eigenvalue weighted by Crippen LogP contribution is -2.43. The molecule has 0 saturated carbocycles. The smallest absolute Gasteiger partial charge is 0.410 e. The van der Waals surface area contributed by atoms with Gasteiger partial charge in [-0.05, 0) is 48.1 Å². The molecule has 1 atom stereocenters. The van der Waals surface area contributed by atoms with Crippen LogP contribution in [-0.2, 0) is 32.1 Å². The van der Waals surface area contributed by atoms with E-state index in [0.29, 0.717) is 31.0 Å². The van der Waals surface area contributed by atoms with Crippen molar-refractivity contribution in [3.05, 3.63) is 102 Å². The van der Waals surface area contributed by atoms with E-state index in [1.807, 2.05) is 60.7 Å². The van der Waals surface area contributed by atoms with Crippen molar-refractivity contribution in [2.24, 2.45) is 5.92 Å². The van der Waals surface area contributed by atoms with E-state index in [1.54, 1.807) is 11.0 Å². The van der Waals surface area contributed by atoms with Crippen LogP contribution >= 0.6 is 0 Å². The fourth-order valence-electron chi connectivity index (χ4n) is 4.81. The number of esters is 1. The van der Waals surface area contributed by atoms with E-state index in [-0.39, 0.29) is 42.7 Å². The fourth-order valence-corrected chi connectivity index (χ4v) is 4.81. The first-order valence-corrected chi connectivity index (χ1v) is 13.8. The van der Waals surface area contributed by atoms with Crippen LogP contribution in [-0.4, -0.2) is 60.2 Å². The van der Waals surface area contributed by atoms with Gasteiger partial charge in [-0.25, -0.2) is 9.59 Å². The Bertz CT molecular complexity index is 1360. The number of carbonyl (C=O) groups is 4. The van der Waals surface area contributed by atoms with Crippen molar-refractivity contribution < 1.29 is 33.9 Å². The zero-order chi connectivity index (χ0) is 29.9. The molecule has 1 fully saturated rings. The van der Waals surface area contributed by atoms with Gasteiger partial charge in [-0.15, -0.1) is 0 Å². The van der Waals surface area contributed by atoms with Gasteiger partial charge < -0.3 is 19.7 Å². The molecule has 1 aliphatic rings. The van der Waals surface area contributed by atoms with Crippen LogP contribution in [0.1, 0.15) is 40.7 Å². The Morgan fingerprint density at radius 1 is 0.929 bits per heavy atom. The summed E-state index contributed by atoms with van der Waals surface area (Å²) in [5.41, 5.74) is 2.06. The summed E-state index contributed by atoms with van der Waals surface area (Å²) < 4.78 is 10.3. The Balaban J connectivity index is 1.28. The molecule has 1 saturated heterocycles. The van der Waals surface area contributed by atoms with E-state index < -0.39 is 23.8 Å². The molecule has 0 bridgehead atoms. The van der Waals surface area contributed by atoms with Gasteiger partial charge in [-0.1, -0.05) is 66.7 Å². The Kier molecular flexibility index (Phi) is 10.7. The summed E-state index contributed by atoms with van der Waals surface area (Å²) in [5, 5.41) is 13.9. The number of methoxy groups -OCH3 is 1. The minimum absolute atomic E-state index is 0.0180. The summed E-state index contributed by atoms with van der Waals surface area (Å²) in [6.07, 6.45) is 1.13. The first kappa shape index (κ1) is 30.3. The second kappa shape index (κ2) is 14.8. The Morgan fingerprint density at radius 2 is 1.57 bits per heavy atom. The lowest BCUT2D eigenvalue weighted by atomic mass is 9.93. The highest BCUT2D eigenvalue weighted by Crippen LogP contribution is 2.24. The highest BCUT2D eigenvalue weighted by Gasteiger charge is 2.28. The number of amides is 3. The summed E-state index contributed by atoms with van der Waals surface area (Å²) in [4.78, 5) is 52.3. The summed E-state index contributed by atoms with van der Waals surface area (Å²) in [5.74, 6) is -1.67. The van der Waals surface area contributed by atoms with E-state index in [0.717, 1.165) is 11.1 Å². The minimum atomic E-state index is -0.915. The monoisotopic (exact) mass is 573 g/mol. The number of rotatable bonds is 10. The van der Waals surface area contributed by atoms with Gasteiger partial charge in [-0.2, -0.15) is 5.06 Å². The number of anilines is 1. The molecule has 1 heterocycles. The van der Waals surface area contributed by atoms with Crippen molar-refractivity contribution in [3.8, 4) is 0 Å². The van der Waals surface area contributed by atoms with Crippen LogP contribution in [0, 0.1) is 5.92 Å². The van der Waals surface area contributed by atoms with Crippen LogP contribution in [0.4, 0.5) is 10.5 Å². The van der Waals surface area contributed by atoms with E-state index in [4.69, 9.17) is 9.47 Å². The number of nitrogens with one attached hydrogen (secondary N) is 1. The number of benzene rings is 3. The van der Waals surface area contributed by atoms with Crippen molar-refractivity contribution in [2.75, 3.05) is 25.3 Å². The molecule has 0 aliphatic carbocycles. The lowest BCUT2D eigenvalue weighted by Gasteiger charge is -2.31. The Labute approximate surface area is 244 Å². The standard InChI is InChI=1S/C32H35N3O7/c1-41-31(38)28(19-23-9-4-2-5-10-23)33-30(37)26-13-8-14-27(21-26)35(40)29(36)20-24-15-17-34(18-16-24)32(39)42-22-25-11-6-3-7-12-25/h2-14,21,24,28,40H,15-20,22H2,1H3,(H,33,37)/t28-/m0/s1. The lowest BCUT2D eigenvalue weighted by molar-refractivity contribution is -0.142. The Hall–Kier alpha value is -4.70. The second-order valence-corrected chi connectivity index (χ2v) is 10.2. The SMILES string of the molecule is COC(=O)[C@H](Cc1ccccc1)NC(=O)c1cccc(N(O)C(=O)CC2CCN(C(=O)OCc3ccccc3)CC2)c1. The van der Waals surface area contributed by atoms with Gasteiger partial charge in [0.1, 0.15) is 12.6 Å². The molecule has 4 rings (SSSR count). The number of carbonyl (C=O) groups excluding carboxylic acids is 4. The summed E-state index contributed by atoms with van der Waals surface area (Å²) in [6, 6.07) is 23.7. The number of ether oxygens (including phenoxy) is 2. The maximum atomic E-state index is 13.0. The summed E-state index contributed by atoms with van der Waals surface area (Å²) in [7, 11) is 1.25. The fraction of sp³-hybridized carbons (Fsp3) is 0.312. The first-order valence-electron chi connectivity index (χ1n) is 13.8. The third-order valence-electron chi connectivity index (χ3n) is 7.20. The van der Waals surface area contributed by atoms with Gasteiger partial charge in [0.2, 0.25) is 0 Å². The number of hydroxylamine groups is 1. The average Bonchev–Trinajstić information content (AvgIpc) is 3.03. The molecular weight excluding hydrogens is 538 g/mol. The van der Waals surface area contributed by atoms with Crippen molar-refractivity contribution in [1.29, 1.82) is 0 Å². The van der Waals surface area contributed by atoms with Gasteiger partial charge in [0.25, 0.3) is 11.8 Å². The highest BCUT2D eigenvalue weighted by molar-refractivity contribution is 5.99. The molecule has 3 amide bonds. The number of hydrogen-bond acceptors (Lipinski definition) is 7. The van der Waals surface area contributed by atoms with Crippen LogP contribution in [0.25, 0.3) is 0 Å². The number of piperidine rings is 1. The van der Waals surface area contributed by atoms with E-state index in [2.05, 4.69) is 5.32 Å². The topological polar surface area (TPSA) is 125 Å². The predicted molar refractivity (Wildman–Crippen MR) is 155 cm³/mol. The van der Waals surface area contributed by atoms with Gasteiger partial charge in [0, 0.05) is 31.5 Å². The average molecular weight is 574 g/mol. The first-order chi connectivity index (χ1) is 20.3. The molecule has 0 aromatic heterocycles. The van der Waals surface area contributed by atoms with Crippen molar-refractivity contribution >= 4 is 29.6 Å².